The Bertz CT molecular complexity index is 134. The number of allylic oxidation sites excluding steroid dienone is 1. The molecular formula is C13H27PS. The summed E-state index contributed by atoms with van der Waals surface area (Å²) < 4.78 is 0. The average molecular weight is 246 g/mol. The zero-order valence-corrected chi connectivity index (χ0v) is 12.2. The molecule has 2 heteroatoms. The van der Waals surface area contributed by atoms with Gasteiger partial charge in [0.05, 0.1) is 0 Å². The number of hydrogen-bond acceptors (Lipinski definition) is 1. The van der Waals surface area contributed by atoms with Crippen LogP contribution in [0.1, 0.15) is 71.1 Å². The van der Waals surface area contributed by atoms with E-state index in [4.69, 9.17) is 0 Å². The van der Waals surface area contributed by atoms with E-state index in [-0.39, 0.29) is 0 Å². The van der Waals surface area contributed by atoms with E-state index in [0.29, 0.717) is 0 Å². The number of unbranched alkanes of at least 4 members (excludes halogenated alkanes) is 9. The average Bonchev–Trinajstić information content (AvgIpc) is 2.26. The Morgan fingerprint density at radius 3 is 1.93 bits per heavy atom. The van der Waals surface area contributed by atoms with Crippen molar-refractivity contribution >= 4 is 19.8 Å². The minimum atomic E-state index is 1.26. The maximum absolute atomic E-state index is 2.64. The summed E-state index contributed by atoms with van der Waals surface area (Å²) in [6.45, 7) is 2.28. The molecule has 0 aromatic carbocycles. The van der Waals surface area contributed by atoms with Gasteiger partial charge in [-0.2, -0.15) is 0 Å². The minimum Gasteiger partial charge on any atom is -0.114 e. The molecule has 0 radical (unpaired) electrons. The molecule has 0 aliphatic carbocycles. The molecule has 0 amide bonds. The van der Waals surface area contributed by atoms with E-state index < -0.39 is 0 Å². The van der Waals surface area contributed by atoms with Crippen molar-refractivity contribution in [2.75, 3.05) is 0 Å². The first-order chi connectivity index (χ1) is 7.41. The fourth-order valence-electron chi connectivity index (χ4n) is 1.70. The van der Waals surface area contributed by atoms with Gasteiger partial charge in [-0.3, -0.25) is 0 Å². The van der Waals surface area contributed by atoms with E-state index in [9.17, 15) is 0 Å². The highest BCUT2D eigenvalue weighted by Gasteiger charge is 1.90. The van der Waals surface area contributed by atoms with Gasteiger partial charge in [0.15, 0.2) is 0 Å². The van der Waals surface area contributed by atoms with Crippen LogP contribution >= 0.6 is 19.8 Å². The Labute approximate surface area is 103 Å². The van der Waals surface area contributed by atoms with Crippen molar-refractivity contribution in [2.45, 2.75) is 71.1 Å². The van der Waals surface area contributed by atoms with Crippen LogP contribution in [0.25, 0.3) is 0 Å². The highest BCUT2D eigenvalue weighted by Crippen LogP contribution is 2.13. The van der Waals surface area contributed by atoms with Crippen LogP contribution < -0.4 is 0 Å². The van der Waals surface area contributed by atoms with Gasteiger partial charge in [0.25, 0.3) is 0 Å². The molecule has 0 saturated heterocycles. The molecule has 0 N–H and O–H groups in total. The summed E-state index contributed by atoms with van der Waals surface area (Å²) in [5, 5.41) is 2.16. The van der Waals surface area contributed by atoms with Gasteiger partial charge in [0, 0.05) is 0 Å². The van der Waals surface area contributed by atoms with Crippen molar-refractivity contribution in [1.82, 2.24) is 0 Å². The second-order valence-corrected chi connectivity index (χ2v) is 5.49. The Hall–Kier alpha value is 0.520. The molecule has 0 rings (SSSR count). The summed E-state index contributed by atoms with van der Waals surface area (Å²) in [6.07, 6.45) is 16.4. The van der Waals surface area contributed by atoms with Gasteiger partial charge >= 0.3 is 0 Å². The molecule has 0 aromatic heterocycles. The van der Waals surface area contributed by atoms with Crippen LogP contribution in [0.5, 0.6) is 0 Å². The van der Waals surface area contributed by atoms with Crippen LogP contribution in [0.15, 0.2) is 11.5 Å². The van der Waals surface area contributed by atoms with Gasteiger partial charge in [-0.05, 0) is 18.2 Å². The second kappa shape index (κ2) is 14.5. The van der Waals surface area contributed by atoms with Crippen molar-refractivity contribution in [1.29, 1.82) is 0 Å². The minimum absolute atomic E-state index is 1.26. The smallest absolute Gasteiger partial charge is 0.0293 e. The van der Waals surface area contributed by atoms with Crippen LogP contribution in [0, 0.1) is 0 Å². The first kappa shape index (κ1) is 15.5. The van der Waals surface area contributed by atoms with Crippen molar-refractivity contribution in [3.05, 3.63) is 11.5 Å². The van der Waals surface area contributed by atoms with E-state index in [1.165, 1.54) is 64.2 Å². The molecule has 0 saturated carbocycles. The zero-order chi connectivity index (χ0) is 11.2. The lowest BCUT2D eigenvalue weighted by Gasteiger charge is -2.00. The lowest BCUT2D eigenvalue weighted by molar-refractivity contribution is 0.566. The fraction of sp³-hybridized carbons (Fsp3) is 0.846. The zero-order valence-electron chi connectivity index (χ0n) is 10.2. The fourth-order valence-corrected chi connectivity index (χ4v) is 2.28. The highest BCUT2D eigenvalue weighted by molar-refractivity contribution is 8.45. The number of rotatable bonds is 11. The van der Waals surface area contributed by atoms with Gasteiger partial charge in [0.1, 0.15) is 0 Å². The Kier molecular flexibility index (Phi) is 15.0. The van der Waals surface area contributed by atoms with Crippen molar-refractivity contribution in [3.63, 3.8) is 0 Å². The van der Waals surface area contributed by atoms with E-state index >= 15 is 0 Å². The molecule has 0 spiro atoms. The summed E-state index contributed by atoms with van der Waals surface area (Å²) in [7, 11) is 2.64. The van der Waals surface area contributed by atoms with Crippen molar-refractivity contribution in [3.8, 4) is 0 Å². The van der Waals surface area contributed by atoms with Gasteiger partial charge < -0.3 is 0 Å². The molecule has 0 fully saturated rings. The van der Waals surface area contributed by atoms with Crippen molar-refractivity contribution < 1.29 is 0 Å². The molecule has 0 bridgehead atoms. The van der Waals surface area contributed by atoms with E-state index in [1.807, 2.05) is 0 Å². The standard InChI is InChI=1S/C13H27PS/c1-2-3-4-5-6-7-8-9-10-11-12-13-15-14/h12-13H,2-11,14H2,1H3. The number of hydrogen-bond donors (Lipinski definition) is 0. The summed E-state index contributed by atoms with van der Waals surface area (Å²) in [5.74, 6) is 0. The van der Waals surface area contributed by atoms with Gasteiger partial charge in [-0.25, -0.2) is 0 Å². The molecule has 0 aliphatic rings. The summed E-state index contributed by atoms with van der Waals surface area (Å²) in [4.78, 5) is 0. The van der Waals surface area contributed by atoms with Crippen LogP contribution in [-0.4, -0.2) is 0 Å². The summed E-state index contributed by atoms with van der Waals surface area (Å²) in [6, 6.07) is 0. The lowest BCUT2D eigenvalue weighted by atomic mass is 10.1. The maximum Gasteiger partial charge on any atom is -0.0293 e. The Balaban J connectivity index is 2.89. The molecule has 0 nitrogen and oxygen atoms in total. The van der Waals surface area contributed by atoms with Gasteiger partial charge in [-0.1, -0.05) is 72.8 Å². The van der Waals surface area contributed by atoms with Crippen LogP contribution in [0.2, 0.25) is 0 Å². The van der Waals surface area contributed by atoms with E-state index in [0.717, 1.165) is 0 Å². The molecule has 15 heavy (non-hydrogen) atoms. The second-order valence-electron chi connectivity index (χ2n) is 4.12. The summed E-state index contributed by atoms with van der Waals surface area (Å²) >= 11 is 1.72. The lowest BCUT2D eigenvalue weighted by Crippen LogP contribution is -1.80. The van der Waals surface area contributed by atoms with E-state index in [2.05, 4.69) is 26.8 Å². The van der Waals surface area contributed by atoms with Crippen molar-refractivity contribution in [2.24, 2.45) is 0 Å². The largest absolute Gasteiger partial charge is 0.114 e. The molecule has 0 heterocycles. The molecule has 1 unspecified atom stereocenters. The maximum atomic E-state index is 2.64. The van der Waals surface area contributed by atoms with Crippen LogP contribution in [0.4, 0.5) is 0 Å². The van der Waals surface area contributed by atoms with Crippen LogP contribution in [0.3, 0.4) is 0 Å². The first-order valence-electron chi connectivity index (χ1n) is 6.42. The van der Waals surface area contributed by atoms with Gasteiger partial charge in [-0.15, -0.1) is 11.4 Å². The molecule has 0 aliphatic heterocycles. The summed E-state index contributed by atoms with van der Waals surface area (Å²) in [5.41, 5.74) is 0. The topological polar surface area (TPSA) is 0 Å². The quantitative estimate of drug-likeness (QED) is 0.321. The van der Waals surface area contributed by atoms with Crippen LogP contribution in [-0.2, 0) is 0 Å². The Morgan fingerprint density at radius 1 is 0.867 bits per heavy atom. The van der Waals surface area contributed by atoms with Gasteiger partial charge in [0.2, 0.25) is 0 Å². The highest BCUT2D eigenvalue weighted by atomic mass is 32.7. The third kappa shape index (κ3) is 14.5. The first-order valence-corrected chi connectivity index (χ1v) is 8.78. The van der Waals surface area contributed by atoms with E-state index in [1.54, 1.807) is 11.4 Å². The monoisotopic (exact) mass is 246 g/mol. The predicted octanol–water partition coefficient (Wildman–Crippen LogP) is 5.94. The third-order valence-electron chi connectivity index (χ3n) is 2.65. The molecule has 1 atom stereocenters. The molecule has 90 valence electrons. The predicted molar refractivity (Wildman–Crippen MR) is 78.3 cm³/mol. The third-order valence-corrected chi connectivity index (χ3v) is 3.47. The molecular weight excluding hydrogens is 219 g/mol. The molecule has 0 aromatic rings. The SMILES string of the molecule is CCCCCCCCCCCC=CSP. The Morgan fingerprint density at radius 2 is 1.40 bits per heavy atom. The normalized spacial score (nSPS) is 11.3.